The average molecular weight is 384 g/mol. The number of carbonyl (C=O) groups is 2. The highest BCUT2D eigenvalue weighted by Crippen LogP contribution is 2.43. The summed E-state index contributed by atoms with van der Waals surface area (Å²) in [6, 6.07) is -1.11. The van der Waals surface area contributed by atoms with E-state index in [1.54, 1.807) is 4.90 Å². The first-order valence-electron chi connectivity index (χ1n) is 9.93. The predicted octanol–water partition coefficient (Wildman–Crippen LogP) is 1.43. The Kier molecular flexibility index (Phi) is 4.75. The Morgan fingerprint density at radius 1 is 0.923 bits per heavy atom. The summed E-state index contributed by atoms with van der Waals surface area (Å²) in [5, 5.41) is 8.94. The molecule has 4 aliphatic rings. The molecule has 3 unspecified atom stereocenters. The minimum atomic E-state index is -3.70. The van der Waals surface area contributed by atoms with Crippen LogP contribution in [0.4, 0.5) is 0 Å². The summed E-state index contributed by atoms with van der Waals surface area (Å²) in [6.07, 6.45) is 8.06. The minimum absolute atomic E-state index is 0.0555. The quantitative estimate of drug-likeness (QED) is 0.791. The van der Waals surface area contributed by atoms with Gasteiger partial charge in [0, 0.05) is 25.0 Å². The smallest absolute Gasteiger partial charge is 0.322 e. The van der Waals surface area contributed by atoms with E-state index in [2.05, 4.69) is 0 Å². The maximum absolute atomic E-state index is 13.2. The molecule has 2 heterocycles. The van der Waals surface area contributed by atoms with Crippen LogP contribution in [0.3, 0.4) is 0 Å². The normalized spacial score (nSPS) is 33.8. The maximum atomic E-state index is 13.2. The van der Waals surface area contributed by atoms with E-state index in [4.69, 9.17) is 0 Å². The summed E-state index contributed by atoms with van der Waals surface area (Å²) in [5.41, 5.74) is 0. The SMILES string of the molecule is O=C(O)C1CC2CCCCC2N1S(=O)(=O)C1CN(C(=O)C2CCCC2)C1. The molecule has 4 rings (SSSR count). The molecule has 2 aliphatic carbocycles. The Bertz CT molecular complexity index is 682. The fourth-order valence-electron chi connectivity index (χ4n) is 5.41. The van der Waals surface area contributed by atoms with Crippen molar-refractivity contribution in [1.82, 2.24) is 9.21 Å². The van der Waals surface area contributed by atoms with Gasteiger partial charge in [0.1, 0.15) is 11.3 Å². The highest BCUT2D eigenvalue weighted by Gasteiger charge is 2.55. The van der Waals surface area contributed by atoms with E-state index in [0.717, 1.165) is 51.4 Å². The molecule has 2 saturated heterocycles. The van der Waals surface area contributed by atoms with Gasteiger partial charge >= 0.3 is 5.97 Å². The summed E-state index contributed by atoms with van der Waals surface area (Å²) in [6.45, 7) is 0.440. The molecule has 0 radical (unpaired) electrons. The molecule has 3 atom stereocenters. The van der Waals surface area contributed by atoms with Gasteiger partial charge in [0.15, 0.2) is 0 Å². The lowest BCUT2D eigenvalue weighted by Crippen LogP contribution is -2.62. The number of likely N-dealkylation sites (tertiary alicyclic amines) is 1. The molecule has 7 nitrogen and oxygen atoms in total. The zero-order chi connectivity index (χ0) is 18.5. The van der Waals surface area contributed by atoms with E-state index in [0.29, 0.717) is 6.42 Å². The Morgan fingerprint density at radius 3 is 2.19 bits per heavy atom. The lowest BCUT2D eigenvalue weighted by atomic mass is 9.85. The van der Waals surface area contributed by atoms with Gasteiger partial charge in [-0.2, -0.15) is 4.31 Å². The van der Waals surface area contributed by atoms with Crippen molar-refractivity contribution < 1.29 is 23.1 Å². The van der Waals surface area contributed by atoms with Crippen LogP contribution in [-0.4, -0.2) is 65.0 Å². The summed E-state index contributed by atoms with van der Waals surface area (Å²) in [5.74, 6) is -0.738. The highest BCUT2D eigenvalue weighted by atomic mass is 32.2. The number of fused-ring (bicyclic) bond motifs is 1. The number of rotatable bonds is 4. The van der Waals surface area contributed by atoms with Crippen LogP contribution in [-0.2, 0) is 19.6 Å². The molecule has 0 spiro atoms. The molecular weight excluding hydrogens is 356 g/mol. The topological polar surface area (TPSA) is 95.0 Å². The molecule has 2 aliphatic heterocycles. The zero-order valence-corrected chi connectivity index (χ0v) is 15.9. The maximum Gasteiger partial charge on any atom is 0.322 e. The standard InChI is InChI=1S/C18H28N2O5S/c21-17(12-5-1-2-6-12)19-10-14(11-19)26(24,25)20-15-8-4-3-7-13(15)9-16(20)18(22)23/h12-16H,1-11H2,(H,22,23). The third-order valence-electron chi connectivity index (χ3n) is 6.89. The molecule has 1 amide bonds. The van der Waals surface area contributed by atoms with Crippen molar-refractivity contribution in [2.75, 3.05) is 13.1 Å². The van der Waals surface area contributed by atoms with Gasteiger partial charge in [0.2, 0.25) is 15.9 Å². The van der Waals surface area contributed by atoms with Crippen LogP contribution in [0.25, 0.3) is 0 Å². The number of carboxylic acids is 1. The second-order valence-electron chi connectivity index (χ2n) is 8.42. The van der Waals surface area contributed by atoms with Gasteiger partial charge in [-0.15, -0.1) is 0 Å². The van der Waals surface area contributed by atoms with Gasteiger partial charge in [0.25, 0.3) is 0 Å². The van der Waals surface area contributed by atoms with E-state index < -0.39 is 27.3 Å². The molecule has 4 fully saturated rings. The van der Waals surface area contributed by atoms with Crippen LogP contribution in [0.5, 0.6) is 0 Å². The van der Waals surface area contributed by atoms with Crippen LogP contribution in [0.15, 0.2) is 0 Å². The number of amides is 1. The Morgan fingerprint density at radius 2 is 1.54 bits per heavy atom. The molecule has 0 aromatic heterocycles. The Labute approximate surface area is 154 Å². The third-order valence-corrected chi connectivity index (χ3v) is 9.15. The molecule has 0 bridgehead atoms. The van der Waals surface area contributed by atoms with Crippen molar-refractivity contribution in [3.63, 3.8) is 0 Å². The van der Waals surface area contributed by atoms with Gasteiger partial charge in [0.05, 0.1) is 0 Å². The first kappa shape index (κ1) is 18.2. The number of sulfonamides is 1. The summed E-state index contributed by atoms with van der Waals surface area (Å²) >= 11 is 0. The second kappa shape index (κ2) is 6.78. The van der Waals surface area contributed by atoms with Crippen molar-refractivity contribution in [3.8, 4) is 0 Å². The van der Waals surface area contributed by atoms with Crippen molar-refractivity contribution in [3.05, 3.63) is 0 Å². The van der Waals surface area contributed by atoms with Gasteiger partial charge < -0.3 is 10.0 Å². The van der Waals surface area contributed by atoms with Gasteiger partial charge in [-0.1, -0.05) is 25.7 Å². The minimum Gasteiger partial charge on any atom is -0.480 e. The van der Waals surface area contributed by atoms with Crippen LogP contribution in [0.1, 0.15) is 57.8 Å². The van der Waals surface area contributed by atoms with E-state index >= 15 is 0 Å². The largest absolute Gasteiger partial charge is 0.480 e. The lowest BCUT2D eigenvalue weighted by molar-refractivity contribution is -0.141. The number of aliphatic carboxylic acids is 1. The lowest BCUT2D eigenvalue weighted by Gasteiger charge is -2.43. The number of nitrogens with zero attached hydrogens (tertiary/aromatic N) is 2. The van der Waals surface area contributed by atoms with E-state index in [1.165, 1.54) is 4.31 Å². The summed E-state index contributed by atoms with van der Waals surface area (Å²) in [7, 11) is -3.70. The fourth-order valence-corrected chi connectivity index (χ4v) is 7.67. The van der Waals surface area contributed by atoms with Crippen molar-refractivity contribution in [2.45, 2.75) is 75.1 Å². The average Bonchev–Trinajstić information content (AvgIpc) is 3.20. The zero-order valence-electron chi connectivity index (χ0n) is 15.0. The molecule has 0 aromatic rings. The molecule has 2 saturated carbocycles. The van der Waals surface area contributed by atoms with Crippen LogP contribution in [0, 0.1) is 11.8 Å². The van der Waals surface area contributed by atoms with Crippen molar-refractivity contribution >= 4 is 21.9 Å². The number of hydrogen-bond acceptors (Lipinski definition) is 4. The predicted molar refractivity (Wildman–Crippen MR) is 94.9 cm³/mol. The number of carbonyl (C=O) groups excluding carboxylic acids is 1. The van der Waals surface area contributed by atoms with Crippen LogP contribution >= 0.6 is 0 Å². The van der Waals surface area contributed by atoms with Crippen molar-refractivity contribution in [1.29, 1.82) is 0 Å². The molecular formula is C18H28N2O5S. The number of hydrogen-bond donors (Lipinski definition) is 1. The summed E-state index contributed by atoms with van der Waals surface area (Å²) < 4.78 is 27.7. The first-order valence-corrected chi connectivity index (χ1v) is 11.4. The van der Waals surface area contributed by atoms with Crippen molar-refractivity contribution in [2.24, 2.45) is 11.8 Å². The highest BCUT2D eigenvalue weighted by molar-refractivity contribution is 7.89. The monoisotopic (exact) mass is 384 g/mol. The second-order valence-corrected chi connectivity index (χ2v) is 10.5. The number of carboxylic acid groups (broad SMARTS) is 1. The molecule has 8 heteroatoms. The molecule has 0 aromatic carbocycles. The third kappa shape index (κ3) is 2.95. The Hall–Kier alpha value is -1.15. The van der Waals surface area contributed by atoms with Crippen LogP contribution < -0.4 is 0 Å². The van der Waals surface area contributed by atoms with Gasteiger partial charge in [-0.3, -0.25) is 9.59 Å². The fraction of sp³-hybridized carbons (Fsp3) is 0.889. The van der Waals surface area contributed by atoms with Crippen LogP contribution in [0.2, 0.25) is 0 Å². The molecule has 26 heavy (non-hydrogen) atoms. The van der Waals surface area contributed by atoms with Gasteiger partial charge in [-0.05, 0) is 38.0 Å². The molecule has 1 N–H and O–H groups in total. The van der Waals surface area contributed by atoms with E-state index in [1.807, 2.05) is 0 Å². The van der Waals surface area contributed by atoms with E-state index in [9.17, 15) is 23.1 Å². The van der Waals surface area contributed by atoms with Gasteiger partial charge in [-0.25, -0.2) is 8.42 Å². The first-order chi connectivity index (χ1) is 12.4. The van der Waals surface area contributed by atoms with E-state index in [-0.39, 0.29) is 36.9 Å². The summed E-state index contributed by atoms with van der Waals surface area (Å²) in [4.78, 5) is 25.8. The Balaban J connectivity index is 1.47. The molecule has 146 valence electrons.